The van der Waals surface area contributed by atoms with Crippen LogP contribution >= 0.6 is 11.3 Å². The molecule has 2 bridgehead atoms. The van der Waals surface area contributed by atoms with Gasteiger partial charge in [-0.25, -0.2) is 0 Å². The van der Waals surface area contributed by atoms with Crippen LogP contribution in [0.1, 0.15) is 47.3 Å². The summed E-state index contributed by atoms with van der Waals surface area (Å²) in [6.45, 7) is 0.226. The maximum absolute atomic E-state index is 14.6. The van der Waals surface area contributed by atoms with E-state index in [1.807, 2.05) is 66.0 Å². The number of Topliss-reactive ketones (excluding diaryl/α,β-unsaturated/α-hetero) is 1. The van der Waals surface area contributed by atoms with E-state index in [2.05, 4.69) is 26.6 Å². The second kappa shape index (κ2) is 22.9. The van der Waals surface area contributed by atoms with E-state index in [0.29, 0.717) is 23.2 Å². The minimum atomic E-state index is -1.40. The van der Waals surface area contributed by atoms with E-state index >= 15 is 0 Å². The van der Waals surface area contributed by atoms with Crippen molar-refractivity contribution in [1.82, 2.24) is 21.3 Å². The zero-order valence-corrected chi connectivity index (χ0v) is 36.0. The second-order valence-corrected chi connectivity index (χ2v) is 16.8. The number of rotatable bonds is 12. The van der Waals surface area contributed by atoms with Gasteiger partial charge in [-0.3, -0.25) is 33.6 Å². The molecule has 332 valence electrons. The van der Waals surface area contributed by atoms with Crippen LogP contribution < -0.4 is 32.3 Å². The molecule has 15 heteroatoms. The first-order valence-electron chi connectivity index (χ1n) is 21.2. The lowest BCUT2D eigenvalue weighted by molar-refractivity contribution is -0.144. The Bertz CT molecular complexity index is 2380. The molecule has 5 atom stereocenters. The van der Waals surface area contributed by atoms with Gasteiger partial charge in [-0.15, -0.1) is 11.3 Å². The van der Waals surface area contributed by atoms with Gasteiger partial charge < -0.3 is 37.4 Å². The van der Waals surface area contributed by atoms with Gasteiger partial charge in [0.05, 0.1) is 18.4 Å². The minimum Gasteiger partial charge on any atom is -0.481 e. The molecule has 0 radical (unpaired) electrons. The molecule has 2 aliphatic heterocycles. The van der Waals surface area contributed by atoms with Gasteiger partial charge in [0.2, 0.25) is 29.5 Å². The summed E-state index contributed by atoms with van der Waals surface area (Å²) in [5, 5.41) is 25.9. The van der Waals surface area contributed by atoms with Gasteiger partial charge in [0.25, 0.3) is 0 Å². The summed E-state index contributed by atoms with van der Waals surface area (Å²) in [4.78, 5) is 97.3. The second-order valence-electron chi connectivity index (χ2n) is 15.8. The number of anilines is 1. The maximum atomic E-state index is 14.6. The first-order chi connectivity index (χ1) is 30.9. The number of carboxylic acids is 1. The lowest BCUT2D eigenvalue weighted by atomic mass is 9.90. The van der Waals surface area contributed by atoms with Crippen LogP contribution in [0.2, 0.25) is 0 Å². The number of hydrogen-bond donors (Lipinski definition) is 7. The number of ketones is 1. The highest BCUT2D eigenvalue weighted by atomic mass is 32.1. The molecule has 0 saturated carbocycles. The van der Waals surface area contributed by atoms with Crippen molar-refractivity contribution in [2.75, 3.05) is 11.9 Å². The van der Waals surface area contributed by atoms with Crippen LogP contribution in [-0.2, 0) is 59.2 Å². The predicted octanol–water partition coefficient (Wildman–Crippen LogP) is 4.37. The quantitative estimate of drug-likeness (QED) is 0.0883. The van der Waals surface area contributed by atoms with Crippen LogP contribution in [0.3, 0.4) is 0 Å². The fraction of sp³-hybridized carbons (Fsp3) is 0.286. The zero-order valence-electron chi connectivity index (χ0n) is 35.2. The molecule has 0 spiro atoms. The molecule has 14 nitrogen and oxygen atoms in total. The number of thiophene rings is 1. The Morgan fingerprint density at radius 2 is 1.23 bits per heavy atom. The summed E-state index contributed by atoms with van der Waals surface area (Å²) < 4.78 is 0. The molecule has 0 aliphatic carbocycles. The lowest BCUT2D eigenvalue weighted by Gasteiger charge is -2.27. The largest absolute Gasteiger partial charge is 0.481 e. The Kier molecular flexibility index (Phi) is 16.7. The standard InChI is InChI=1S/C49H52N6O8S/c50-23-7-14-44(57)52-42-30-45(58)51-37-21-17-32(18-22-37)25-36(49(62)63)28-43(56)39(26-31-9-3-1-4-10-31)53-46(59)40(27-33-15-19-35(20-16-33)34-11-5-2-6-12-34)54-47(60)41(55-48(42)61)29-38-13-8-24-64-38/h1-6,8-13,15-22,24,36,39-42H,7,14,23,25-30,50H2,(H,51,58)(H,52,57)(H,53,59)(H,54,60)(H,55,61)(H,62,63)/t36-,39-,40+,41-,42-/m1/s1. The van der Waals surface area contributed by atoms with E-state index in [-0.39, 0.29) is 38.6 Å². The first kappa shape index (κ1) is 46.5. The fourth-order valence-corrected chi connectivity index (χ4v) is 8.19. The number of carbonyl (C=O) groups excluding carboxylic acids is 6. The number of nitrogens with one attached hydrogen (secondary N) is 5. The highest BCUT2D eigenvalue weighted by Gasteiger charge is 2.34. The average molecular weight is 885 g/mol. The number of hydrogen-bond acceptors (Lipinski definition) is 9. The molecule has 64 heavy (non-hydrogen) atoms. The monoisotopic (exact) mass is 884 g/mol. The molecular formula is C49H52N6O8S. The van der Waals surface area contributed by atoms with E-state index in [1.165, 1.54) is 11.3 Å². The molecule has 1 aromatic heterocycles. The first-order valence-corrected chi connectivity index (χ1v) is 22.1. The summed E-state index contributed by atoms with van der Waals surface area (Å²) >= 11 is 1.35. The number of nitrogens with two attached hydrogens (primary N) is 1. The van der Waals surface area contributed by atoms with Gasteiger partial charge in [0.1, 0.15) is 18.1 Å². The van der Waals surface area contributed by atoms with Crippen molar-refractivity contribution in [1.29, 1.82) is 0 Å². The molecule has 4 aromatic carbocycles. The van der Waals surface area contributed by atoms with Crippen molar-refractivity contribution >= 4 is 58.3 Å². The van der Waals surface area contributed by atoms with Crippen LogP contribution in [0.4, 0.5) is 5.69 Å². The normalized spacial score (nSPS) is 20.2. The van der Waals surface area contributed by atoms with Gasteiger partial charge in [0.15, 0.2) is 5.78 Å². The maximum Gasteiger partial charge on any atom is 0.307 e. The molecule has 0 unspecified atom stereocenters. The molecule has 8 N–H and O–H groups in total. The number of fused-ring (bicyclic) bond motifs is 18. The number of benzene rings is 4. The SMILES string of the molecule is NCCCC(=O)N[C@@H]1CC(=O)Nc2ccc(cc2)C[C@@H](C(=O)O)CC(=O)[C@@H](Cc2ccccc2)NC(=O)[C@H](Cc2ccc(-c3ccccc3)cc2)NC(=O)[C@@H](Cc2cccs2)NC1=O. The molecule has 0 saturated heterocycles. The van der Waals surface area contributed by atoms with Gasteiger partial charge in [0, 0.05) is 36.2 Å². The van der Waals surface area contributed by atoms with Crippen LogP contribution in [0.25, 0.3) is 11.1 Å². The Morgan fingerprint density at radius 1 is 0.641 bits per heavy atom. The van der Waals surface area contributed by atoms with E-state index in [0.717, 1.165) is 21.6 Å². The number of aliphatic carboxylic acids is 1. The number of amides is 5. The topological polar surface area (TPSA) is 226 Å². The Morgan fingerprint density at radius 3 is 1.88 bits per heavy atom. The summed E-state index contributed by atoms with van der Waals surface area (Å²) in [5.74, 6) is -6.25. The molecule has 7 rings (SSSR count). The van der Waals surface area contributed by atoms with Gasteiger partial charge in [-0.1, -0.05) is 103 Å². The summed E-state index contributed by atoms with van der Waals surface area (Å²) in [5.41, 5.74) is 9.85. The lowest BCUT2D eigenvalue weighted by Crippen LogP contribution is -2.59. The van der Waals surface area contributed by atoms with E-state index in [4.69, 9.17) is 5.73 Å². The summed E-state index contributed by atoms with van der Waals surface area (Å²) in [6, 6.07) is 31.0. The van der Waals surface area contributed by atoms with Crippen molar-refractivity contribution in [2.45, 2.75) is 75.5 Å². The Hall–Kier alpha value is -6.97. The average Bonchev–Trinajstić information content (AvgIpc) is 3.81. The third-order valence-electron chi connectivity index (χ3n) is 10.9. The van der Waals surface area contributed by atoms with Crippen LogP contribution in [0.5, 0.6) is 0 Å². The van der Waals surface area contributed by atoms with E-state index < -0.39 is 84.2 Å². The van der Waals surface area contributed by atoms with Crippen molar-refractivity contribution in [3.63, 3.8) is 0 Å². The fourth-order valence-electron chi connectivity index (χ4n) is 7.44. The van der Waals surface area contributed by atoms with Crippen molar-refractivity contribution in [3.8, 4) is 11.1 Å². The van der Waals surface area contributed by atoms with Crippen LogP contribution in [0, 0.1) is 5.92 Å². The highest BCUT2D eigenvalue weighted by Crippen LogP contribution is 2.22. The predicted molar refractivity (Wildman–Crippen MR) is 244 cm³/mol. The van der Waals surface area contributed by atoms with Crippen molar-refractivity contribution in [2.24, 2.45) is 11.7 Å². The minimum absolute atomic E-state index is 0.00328. The third kappa shape index (κ3) is 13.8. The highest BCUT2D eigenvalue weighted by molar-refractivity contribution is 7.09. The summed E-state index contributed by atoms with van der Waals surface area (Å²) in [6.07, 6.45) is -0.560. The molecular weight excluding hydrogens is 833 g/mol. The molecule has 5 amide bonds. The molecule has 3 heterocycles. The summed E-state index contributed by atoms with van der Waals surface area (Å²) in [7, 11) is 0. The Labute approximate surface area is 375 Å². The number of carboxylic acid groups (broad SMARTS) is 1. The Balaban J connectivity index is 1.38. The third-order valence-corrected chi connectivity index (χ3v) is 11.8. The molecule has 2 aliphatic rings. The van der Waals surface area contributed by atoms with Gasteiger partial charge in [-0.2, -0.15) is 0 Å². The van der Waals surface area contributed by atoms with Crippen LogP contribution in [0.15, 0.2) is 127 Å². The van der Waals surface area contributed by atoms with Crippen LogP contribution in [-0.4, -0.2) is 77.1 Å². The molecule has 0 fully saturated rings. The van der Waals surface area contributed by atoms with Gasteiger partial charge in [-0.05, 0) is 77.2 Å². The van der Waals surface area contributed by atoms with Crippen molar-refractivity contribution < 1.29 is 38.7 Å². The smallest absolute Gasteiger partial charge is 0.307 e. The number of carbonyl (C=O) groups is 7. The van der Waals surface area contributed by atoms with Crippen molar-refractivity contribution in [3.05, 3.63) is 148 Å². The van der Waals surface area contributed by atoms with E-state index in [9.17, 15) is 38.7 Å². The van der Waals surface area contributed by atoms with E-state index in [1.54, 1.807) is 60.7 Å². The van der Waals surface area contributed by atoms with Gasteiger partial charge >= 0.3 is 5.97 Å². The molecule has 5 aromatic rings. The zero-order chi connectivity index (χ0) is 45.4.